The lowest BCUT2D eigenvalue weighted by Crippen LogP contribution is -2.24. The lowest BCUT2D eigenvalue weighted by molar-refractivity contribution is 0.660. The number of rotatable bonds is 3. The molecule has 0 unspecified atom stereocenters. The van der Waals surface area contributed by atoms with Crippen LogP contribution in [0, 0.1) is 0 Å². The number of fused-ring (bicyclic) bond motifs is 6. The molecule has 6 aromatic carbocycles. The van der Waals surface area contributed by atoms with Crippen molar-refractivity contribution >= 4 is 44.9 Å². The summed E-state index contributed by atoms with van der Waals surface area (Å²) in [6.07, 6.45) is 1.91. The van der Waals surface area contributed by atoms with Crippen molar-refractivity contribution in [2.45, 2.75) is 19.3 Å². The second-order valence-electron chi connectivity index (χ2n) is 12.5. The first-order valence-corrected chi connectivity index (χ1v) is 15.6. The van der Waals surface area contributed by atoms with E-state index in [4.69, 9.17) is 4.98 Å². The van der Waals surface area contributed by atoms with Crippen LogP contribution < -0.4 is 9.80 Å². The molecule has 45 heavy (non-hydrogen) atoms. The van der Waals surface area contributed by atoms with Crippen LogP contribution in [-0.4, -0.2) is 4.98 Å². The minimum Gasteiger partial charge on any atom is -0.306 e. The monoisotopic (exact) mass is 577 g/mol. The molecule has 0 saturated heterocycles. The van der Waals surface area contributed by atoms with Crippen molar-refractivity contribution in [2.24, 2.45) is 0 Å². The maximum Gasteiger partial charge on any atom is 0.0781 e. The third-order valence-corrected chi connectivity index (χ3v) is 9.60. The van der Waals surface area contributed by atoms with Gasteiger partial charge in [-0.3, -0.25) is 4.98 Å². The van der Waals surface area contributed by atoms with E-state index in [-0.39, 0.29) is 5.41 Å². The second-order valence-corrected chi connectivity index (χ2v) is 12.5. The Balaban J connectivity index is 1.21. The van der Waals surface area contributed by atoms with Crippen LogP contribution >= 0.6 is 0 Å². The molecule has 0 N–H and O–H groups in total. The predicted octanol–water partition coefficient (Wildman–Crippen LogP) is 11.5. The molecule has 0 saturated carbocycles. The molecular weight excluding hydrogens is 546 g/mol. The van der Waals surface area contributed by atoms with Gasteiger partial charge in [0.1, 0.15) is 0 Å². The quantitative estimate of drug-likeness (QED) is 0.208. The second kappa shape index (κ2) is 9.67. The van der Waals surface area contributed by atoms with E-state index in [2.05, 4.69) is 169 Å². The maximum absolute atomic E-state index is 4.83. The van der Waals surface area contributed by atoms with Crippen molar-refractivity contribution in [2.75, 3.05) is 9.80 Å². The maximum atomic E-state index is 4.83. The number of nitrogens with zero attached hydrogens (tertiary/aromatic N) is 3. The molecule has 0 bridgehead atoms. The Kier molecular flexibility index (Phi) is 5.54. The van der Waals surface area contributed by atoms with Gasteiger partial charge in [-0.05, 0) is 82.2 Å². The summed E-state index contributed by atoms with van der Waals surface area (Å²) < 4.78 is 0. The Morgan fingerprint density at radius 1 is 0.489 bits per heavy atom. The SMILES string of the molecule is CC1(C)c2ccccc2-c2ccc(N3c4ccccc4N(c4cccc(-c5nccc6ccccc56)c4)c4ccccc43)cc21. The van der Waals surface area contributed by atoms with Crippen molar-refractivity contribution in [1.29, 1.82) is 0 Å². The van der Waals surface area contributed by atoms with Gasteiger partial charge in [-0.2, -0.15) is 0 Å². The van der Waals surface area contributed by atoms with Crippen LogP contribution in [0.2, 0.25) is 0 Å². The summed E-state index contributed by atoms with van der Waals surface area (Å²) in [4.78, 5) is 9.65. The van der Waals surface area contributed by atoms with Crippen LogP contribution in [-0.2, 0) is 5.41 Å². The molecule has 0 fully saturated rings. The van der Waals surface area contributed by atoms with E-state index in [1.165, 1.54) is 33.3 Å². The summed E-state index contributed by atoms with van der Waals surface area (Å²) in [5.41, 5.74) is 14.3. The summed E-state index contributed by atoms with van der Waals surface area (Å²) in [5.74, 6) is 0. The van der Waals surface area contributed by atoms with Crippen molar-refractivity contribution in [3.8, 4) is 22.4 Å². The van der Waals surface area contributed by atoms with E-state index in [9.17, 15) is 0 Å². The van der Waals surface area contributed by atoms with E-state index >= 15 is 0 Å². The zero-order valence-electron chi connectivity index (χ0n) is 25.3. The van der Waals surface area contributed by atoms with Crippen molar-refractivity contribution < 1.29 is 0 Å². The first kappa shape index (κ1) is 25.8. The van der Waals surface area contributed by atoms with Gasteiger partial charge < -0.3 is 9.80 Å². The molecule has 214 valence electrons. The van der Waals surface area contributed by atoms with E-state index in [1.54, 1.807) is 0 Å². The summed E-state index contributed by atoms with van der Waals surface area (Å²) in [6, 6.07) is 52.7. The van der Waals surface area contributed by atoms with Gasteiger partial charge in [0.15, 0.2) is 0 Å². The first-order chi connectivity index (χ1) is 22.1. The molecule has 0 spiro atoms. The average molecular weight is 578 g/mol. The number of benzene rings is 6. The van der Waals surface area contributed by atoms with Gasteiger partial charge in [0, 0.05) is 33.9 Å². The van der Waals surface area contributed by atoms with Gasteiger partial charge in [-0.15, -0.1) is 0 Å². The van der Waals surface area contributed by atoms with Gasteiger partial charge in [0.25, 0.3) is 0 Å². The highest BCUT2D eigenvalue weighted by molar-refractivity contribution is 6.03. The zero-order valence-corrected chi connectivity index (χ0v) is 25.3. The van der Waals surface area contributed by atoms with Crippen LogP contribution in [0.1, 0.15) is 25.0 Å². The van der Waals surface area contributed by atoms with Crippen molar-refractivity contribution in [1.82, 2.24) is 4.98 Å². The van der Waals surface area contributed by atoms with Crippen molar-refractivity contribution in [3.63, 3.8) is 0 Å². The minimum atomic E-state index is -0.0706. The molecule has 0 radical (unpaired) electrons. The Bertz CT molecular complexity index is 2230. The largest absolute Gasteiger partial charge is 0.306 e. The molecule has 9 rings (SSSR count). The van der Waals surface area contributed by atoms with E-state index in [0.29, 0.717) is 0 Å². The fourth-order valence-corrected chi connectivity index (χ4v) is 7.47. The van der Waals surface area contributed by atoms with E-state index < -0.39 is 0 Å². The van der Waals surface area contributed by atoms with Crippen LogP contribution in [0.3, 0.4) is 0 Å². The predicted molar refractivity (Wildman–Crippen MR) is 188 cm³/mol. The normalized spacial score (nSPS) is 14.1. The highest BCUT2D eigenvalue weighted by Gasteiger charge is 2.37. The van der Waals surface area contributed by atoms with Gasteiger partial charge in [0.05, 0.1) is 28.4 Å². The summed E-state index contributed by atoms with van der Waals surface area (Å²) in [6.45, 7) is 4.69. The molecular formula is C42H31N3. The van der Waals surface area contributed by atoms with Crippen LogP contribution in [0.4, 0.5) is 34.1 Å². The molecule has 1 aliphatic carbocycles. The highest BCUT2D eigenvalue weighted by atomic mass is 15.3. The number of para-hydroxylation sites is 4. The van der Waals surface area contributed by atoms with Gasteiger partial charge >= 0.3 is 0 Å². The molecule has 0 atom stereocenters. The molecule has 2 heterocycles. The summed E-state index contributed by atoms with van der Waals surface area (Å²) in [7, 11) is 0. The molecule has 1 aromatic heterocycles. The fraction of sp³-hybridized carbons (Fsp3) is 0.0714. The lowest BCUT2D eigenvalue weighted by Gasteiger charge is -2.40. The third-order valence-electron chi connectivity index (χ3n) is 9.60. The highest BCUT2D eigenvalue weighted by Crippen LogP contribution is 2.56. The summed E-state index contributed by atoms with van der Waals surface area (Å²) in [5, 5.41) is 2.35. The Labute approximate surface area is 263 Å². The molecule has 2 aliphatic rings. The standard InChI is InChI=1S/C42H31N3/c1-42(2)35-17-6-5-16-33(35)34-23-22-31(27-36(34)42)45-39-20-9-7-18-37(39)44(38-19-8-10-21-40(38)45)30-14-11-13-29(26-30)41-32-15-4-3-12-28(32)24-25-43-41/h3-27H,1-2H3. The first-order valence-electron chi connectivity index (χ1n) is 15.6. The number of aromatic nitrogens is 1. The average Bonchev–Trinajstić information content (AvgIpc) is 3.32. The zero-order chi connectivity index (χ0) is 30.1. The summed E-state index contributed by atoms with van der Waals surface area (Å²) >= 11 is 0. The smallest absolute Gasteiger partial charge is 0.0781 e. The Hall–Kier alpha value is -5.67. The van der Waals surface area contributed by atoms with Crippen LogP contribution in [0.5, 0.6) is 0 Å². The van der Waals surface area contributed by atoms with Crippen LogP contribution in [0.25, 0.3) is 33.2 Å². The van der Waals surface area contributed by atoms with Crippen LogP contribution in [0.15, 0.2) is 152 Å². The number of hydrogen-bond acceptors (Lipinski definition) is 3. The number of pyridine rings is 1. The number of hydrogen-bond donors (Lipinski definition) is 0. The fourth-order valence-electron chi connectivity index (χ4n) is 7.47. The van der Waals surface area contributed by atoms with E-state index in [0.717, 1.165) is 45.1 Å². The van der Waals surface area contributed by atoms with E-state index in [1.807, 2.05) is 6.20 Å². The van der Waals surface area contributed by atoms with Crippen molar-refractivity contribution in [3.05, 3.63) is 163 Å². The lowest BCUT2D eigenvalue weighted by atomic mass is 9.82. The molecule has 3 nitrogen and oxygen atoms in total. The Morgan fingerprint density at radius 3 is 1.82 bits per heavy atom. The van der Waals surface area contributed by atoms with Gasteiger partial charge in [-0.1, -0.05) is 105 Å². The topological polar surface area (TPSA) is 19.4 Å². The molecule has 0 amide bonds. The minimum absolute atomic E-state index is 0.0706. The third kappa shape index (κ3) is 3.80. The van der Waals surface area contributed by atoms with Gasteiger partial charge in [0.2, 0.25) is 0 Å². The molecule has 3 heteroatoms. The molecule has 7 aromatic rings. The molecule has 1 aliphatic heterocycles. The Morgan fingerprint density at radius 2 is 1.09 bits per heavy atom. The number of anilines is 6. The van der Waals surface area contributed by atoms with Gasteiger partial charge in [-0.25, -0.2) is 0 Å².